The Kier molecular flexibility index (Phi) is 5.91. The second-order valence-electron chi connectivity index (χ2n) is 6.22. The minimum Gasteiger partial charge on any atom is -0.497 e. The zero-order valence-electron chi connectivity index (χ0n) is 12.7. The van der Waals surface area contributed by atoms with E-state index in [1.807, 2.05) is 6.07 Å². The van der Waals surface area contributed by atoms with Crippen LogP contribution in [0.15, 0.2) is 24.3 Å². The van der Waals surface area contributed by atoms with Gasteiger partial charge in [0.1, 0.15) is 5.75 Å². The molecule has 0 aliphatic heterocycles. The Bertz CT molecular complexity index is 415. The first kappa shape index (κ1) is 15.8. The Hall–Kier alpha value is -0.540. The van der Waals surface area contributed by atoms with Gasteiger partial charge in [0.25, 0.3) is 0 Å². The fourth-order valence-corrected chi connectivity index (χ4v) is 4.08. The van der Waals surface area contributed by atoms with Crippen LogP contribution in [-0.2, 0) is 6.54 Å². The predicted octanol–water partition coefficient (Wildman–Crippen LogP) is 4.47. The number of halogens is 1. The van der Waals surface area contributed by atoms with Crippen molar-refractivity contribution in [3.05, 3.63) is 29.8 Å². The Morgan fingerprint density at radius 3 is 2.65 bits per heavy atom. The summed E-state index contributed by atoms with van der Waals surface area (Å²) in [5.74, 6) is 0.948. The van der Waals surface area contributed by atoms with Crippen LogP contribution in [0.2, 0.25) is 0 Å². The van der Waals surface area contributed by atoms with E-state index in [0.29, 0.717) is 5.41 Å². The van der Waals surface area contributed by atoms with Gasteiger partial charge in [-0.1, -0.05) is 47.3 Å². The Morgan fingerprint density at radius 2 is 2.00 bits per heavy atom. The Morgan fingerprint density at radius 1 is 1.25 bits per heavy atom. The van der Waals surface area contributed by atoms with Crippen molar-refractivity contribution in [1.82, 2.24) is 4.90 Å². The lowest BCUT2D eigenvalue weighted by molar-refractivity contribution is 0.141. The van der Waals surface area contributed by atoms with E-state index in [4.69, 9.17) is 4.74 Å². The highest BCUT2D eigenvalue weighted by Crippen LogP contribution is 2.38. The largest absolute Gasteiger partial charge is 0.497 e. The van der Waals surface area contributed by atoms with Crippen molar-refractivity contribution in [1.29, 1.82) is 0 Å². The van der Waals surface area contributed by atoms with E-state index in [0.717, 1.165) is 17.6 Å². The number of ether oxygens (including phenoxy) is 1. The highest BCUT2D eigenvalue weighted by Gasteiger charge is 2.31. The number of hydrogen-bond donors (Lipinski definition) is 0. The van der Waals surface area contributed by atoms with Gasteiger partial charge in [0.05, 0.1) is 7.11 Å². The van der Waals surface area contributed by atoms with Crippen LogP contribution >= 0.6 is 15.9 Å². The molecular weight excluding hydrogens is 314 g/mol. The maximum atomic E-state index is 5.30. The summed E-state index contributed by atoms with van der Waals surface area (Å²) in [6, 6.07) is 8.40. The molecule has 1 fully saturated rings. The topological polar surface area (TPSA) is 12.5 Å². The second-order valence-corrected chi connectivity index (χ2v) is 6.78. The van der Waals surface area contributed by atoms with Gasteiger partial charge in [-0.25, -0.2) is 0 Å². The molecule has 112 valence electrons. The van der Waals surface area contributed by atoms with E-state index in [1.165, 1.54) is 44.2 Å². The molecular formula is C17H26BrNO. The zero-order valence-corrected chi connectivity index (χ0v) is 14.3. The molecule has 0 spiro atoms. The van der Waals surface area contributed by atoms with Gasteiger partial charge in [0.15, 0.2) is 0 Å². The van der Waals surface area contributed by atoms with Crippen LogP contribution in [0, 0.1) is 5.41 Å². The van der Waals surface area contributed by atoms with Crippen molar-refractivity contribution < 1.29 is 4.74 Å². The molecule has 0 saturated heterocycles. The summed E-state index contributed by atoms with van der Waals surface area (Å²) in [5.41, 5.74) is 1.80. The van der Waals surface area contributed by atoms with Gasteiger partial charge in [0, 0.05) is 18.4 Å². The maximum absolute atomic E-state index is 5.30. The summed E-state index contributed by atoms with van der Waals surface area (Å²) in [7, 11) is 3.96. The summed E-state index contributed by atoms with van der Waals surface area (Å²) in [5, 5.41) is 1.13. The standard InChI is InChI=1S/C17H26BrNO/c1-19(12-15-7-6-8-16(11-15)20-2)14-17(13-18)9-4-3-5-10-17/h6-8,11H,3-5,9-10,12-14H2,1-2H3. The summed E-state index contributed by atoms with van der Waals surface area (Å²) < 4.78 is 5.30. The molecule has 2 rings (SSSR count). The van der Waals surface area contributed by atoms with Crippen LogP contribution in [0.1, 0.15) is 37.7 Å². The van der Waals surface area contributed by atoms with Gasteiger partial charge in [-0.05, 0) is 43.0 Å². The molecule has 0 N–H and O–H groups in total. The van der Waals surface area contributed by atoms with Crippen LogP contribution in [0.3, 0.4) is 0 Å². The number of benzene rings is 1. The maximum Gasteiger partial charge on any atom is 0.119 e. The highest BCUT2D eigenvalue weighted by atomic mass is 79.9. The molecule has 1 aromatic carbocycles. The molecule has 0 aromatic heterocycles. The fourth-order valence-electron chi connectivity index (χ4n) is 3.35. The average molecular weight is 340 g/mol. The highest BCUT2D eigenvalue weighted by molar-refractivity contribution is 9.09. The second kappa shape index (κ2) is 7.46. The third kappa shape index (κ3) is 4.23. The SMILES string of the molecule is COc1cccc(CN(C)CC2(CBr)CCCCC2)c1. The minimum atomic E-state index is 0.478. The molecule has 1 saturated carbocycles. The fraction of sp³-hybridized carbons (Fsp3) is 0.647. The van der Waals surface area contributed by atoms with E-state index in [2.05, 4.69) is 46.1 Å². The smallest absolute Gasteiger partial charge is 0.119 e. The lowest BCUT2D eigenvalue weighted by Gasteiger charge is -2.39. The van der Waals surface area contributed by atoms with Crippen LogP contribution in [-0.4, -0.2) is 30.9 Å². The van der Waals surface area contributed by atoms with Crippen LogP contribution < -0.4 is 4.74 Å². The molecule has 0 unspecified atom stereocenters. The van der Waals surface area contributed by atoms with Crippen molar-refractivity contribution in [2.75, 3.05) is 26.0 Å². The van der Waals surface area contributed by atoms with Crippen molar-refractivity contribution in [3.63, 3.8) is 0 Å². The minimum absolute atomic E-state index is 0.478. The summed E-state index contributed by atoms with van der Waals surface area (Å²) in [6.07, 6.45) is 6.91. The normalized spacial score (nSPS) is 18.2. The Labute approximate surface area is 131 Å². The van der Waals surface area contributed by atoms with Crippen LogP contribution in [0.5, 0.6) is 5.75 Å². The van der Waals surface area contributed by atoms with Gasteiger partial charge in [-0.3, -0.25) is 0 Å². The molecule has 0 radical (unpaired) electrons. The number of rotatable bonds is 6. The molecule has 0 bridgehead atoms. The summed E-state index contributed by atoms with van der Waals surface area (Å²) in [6.45, 7) is 2.17. The van der Waals surface area contributed by atoms with E-state index >= 15 is 0 Å². The van der Waals surface area contributed by atoms with E-state index < -0.39 is 0 Å². The number of alkyl halides is 1. The molecule has 2 nitrogen and oxygen atoms in total. The summed E-state index contributed by atoms with van der Waals surface area (Å²) in [4.78, 5) is 2.46. The van der Waals surface area contributed by atoms with Crippen LogP contribution in [0.4, 0.5) is 0 Å². The number of hydrogen-bond acceptors (Lipinski definition) is 2. The molecule has 0 heterocycles. The quantitative estimate of drug-likeness (QED) is 0.709. The van der Waals surface area contributed by atoms with Crippen molar-refractivity contribution in [3.8, 4) is 5.75 Å². The van der Waals surface area contributed by atoms with Crippen molar-refractivity contribution in [2.45, 2.75) is 38.6 Å². The lowest BCUT2D eigenvalue weighted by atomic mass is 9.75. The molecule has 1 aliphatic carbocycles. The molecule has 0 atom stereocenters. The number of nitrogens with zero attached hydrogens (tertiary/aromatic N) is 1. The third-order valence-electron chi connectivity index (χ3n) is 4.39. The van der Waals surface area contributed by atoms with Gasteiger partial charge < -0.3 is 9.64 Å². The van der Waals surface area contributed by atoms with Gasteiger partial charge in [-0.2, -0.15) is 0 Å². The van der Waals surface area contributed by atoms with E-state index in [9.17, 15) is 0 Å². The molecule has 3 heteroatoms. The van der Waals surface area contributed by atoms with E-state index in [-0.39, 0.29) is 0 Å². The average Bonchev–Trinajstić information content (AvgIpc) is 2.48. The van der Waals surface area contributed by atoms with E-state index in [1.54, 1.807) is 7.11 Å². The van der Waals surface area contributed by atoms with Crippen LogP contribution in [0.25, 0.3) is 0 Å². The predicted molar refractivity (Wildman–Crippen MR) is 88.6 cm³/mol. The van der Waals surface area contributed by atoms with Gasteiger partial charge >= 0.3 is 0 Å². The summed E-state index contributed by atoms with van der Waals surface area (Å²) >= 11 is 3.76. The number of methoxy groups -OCH3 is 1. The first-order chi connectivity index (χ1) is 9.67. The first-order valence-corrected chi connectivity index (χ1v) is 8.67. The monoisotopic (exact) mass is 339 g/mol. The van der Waals surface area contributed by atoms with Crippen molar-refractivity contribution in [2.24, 2.45) is 5.41 Å². The molecule has 20 heavy (non-hydrogen) atoms. The molecule has 1 aliphatic rings. The first-order valence-electron chi connectivity index (χ1n) is 7.55. The molecule has 0 amide bonds. The molecule has 1 aromatic rings. The van der Waals surface area contributed by atoms with Gasteiger partial charge in [-0.15, -0.1) is 0 Å². The third-order valence-corrected chi connectivity index (χ3v) is 5.58. The Balaban J connectivity index is 1.95. The zero-order chi connectivity index (χ0) is 14.4. The van der Waals surface area contributed by atoms with Crippen molar-refractivity contribution >= 4 is 15.9 Å². The van der Waals surface area contributed by atoms with Gasteiger partial charge in [0.2, 0.25) is 0 Å². The lowest BCUT2D eigenvalue weighted by Crippen LogP contribution is -2.38.